The maximum atomic E-state index is 12.6. The first-order chi connectivity index (χ1) is 14.5. The average Bonchev–Trinajstić information content (AvgIpc) is 3.14. The van der Waals surface area contributed by atoms with Crippen LogP contribution in [0.1, 0.15) is 41.2 Å². The van der Waals surface area contributed by atoms with Crippen molar-refractivity contribution >= 4 is 21.8 Å². The number of benzene rings is 2. The highest BCUT2D eigenvalue weighted by atomic mass is 32.2. The fraction of sp³-hybridized carbons (Fsp3) is 0.250. The van der Waals surface area contributed by atoms with Crippen molar-refractivity contribution in [3.8, 4) is 0 Å². The number of carbonyl (C=O) groups excluding carboxylic acids is 1. The molecule has 3 aromatic rings. The summed E-state index contributed by atoms with van der Waals surface area (Å²) in [7, 11) is -3.37. The van der Waals surface area contributed by atoms with Gasteiger partial charge in [0, 0.05) is 5.56 Å². The number of carbonyl (C=O) groups is 1. The zero-order valence-corrected chi connectivity index (χ0v) is 17.3. The van der Waals surface area contributed by atoms with E-state index in [1.807, 2.05) is 0 Å². The third-order valence-electron chi connectivity index (χ3n) is 4.39. The smallest absolute Gasteiger partial charge is 0.407 e. The first kappa shape index (κ1) is 22.5. The Bertz CT molecular complexity index is 1170. The van der Waals surface area contributed by atoms with Crippen LogP contribution in [0.15, 0.2) is 57.8 Å². The number of nitrogens with zero attached hydrogens (tertiary/aromatic N) is 2. The number of alkyl halides is 3. The molecule has 0 saturated heterocycles. The summed E-state index contributed by atoms with van der Waals surface area (Å²) in [6.45, 7) is 3.20. The first-order valence-electron chi connectivity index (χ1n) is 9.10. The number of nitrogens with one attached hydrogen (secondary N) is 1. The molecule has 7 nitrogen and oxygen atoms in total. The Morgan fingerprint density at radius 1 is 1.03 bits per heavy atom. The van der Waals surface area contributed by atoms with Gasteiger partial charge in [0.05, 0.1) is 22.1 Å². The first-order valence-corrected chi connectivity index (χ1v) is 10.7. The van der Waals surface area contributed by atoms with Crippen molar-refractivity contribution in [2.45, 2.75) is 36.6 Å². The summed E-state index contributed by atoms with van der Waals surface area (Å²) in [5.41, 5.74) is -0.155. The highest BCUT2D eigenvalue weighted by Gasteiger charge is 2.30. The Morgan fingerprint density at radius 2 is 1.65 bits per heavy atom. The maximum Gasteiger partial charge on any atom is 0.416 e. The lowest BCUT2D eigenvalue weighted by atomic mass is 10.1. The lowest BCUT2D eigenvalue weighted by Gasteiger charge is -2.08. The van der Waals surface area contributed by atoms with E-state index in [1.54, 1.807) is 26.0 Å². The fourth-order valence-corrected chi connectivity index (χ4v) is 3.66. The van der Waals surface area contributed by atoms with Gasteiger partial charge in [0.2, 0.25) is 5.89 Å². The van der Waals surface area contributed by atoms with E-state index in [0.29, 0.717) is 5.56 Å². The molecule has 1 heterocycles. The van der Waals surface area contributed by atoms with Crippen molar-refractivity contribution in [3.63, 3.8) is 0 Å². The van der Waals surface area contributed by atoms with Gasteiger partial charge in [-0.2, -0.15) is 13.2 Å². The molecule has 0 saturated carbocycles. The van der Waals surface area contributed by atoms with Gasteiger partial charge >= 0.3 is 12.2 Å². The van der Waals surface area contributed by atoms with Gasteiger partial charge in [-0.3, -0.25) is 10.1 Å². The van der Waals surface area contributed by atoms with Crippen LogP contribution in [0.4, 0.5) is 19.2 Å². The number of anilines is 1. The van der Waals surface area contributed by atoms with Gasteiger partial charge in [-0.25, -0.2) is 8.42 Å². The van der Waals surface area contributed by atoms with Crippen LogP contribution in [0.25, 0.3) is 0 Å². The van der Waals surface area contributed by atoms with Gasteiger partial charge in [-0.1, -0.05) is 17.2 Å². The van der Waals surface area contributed by atoms with E-state index in [9.17, 15) is 26.4 Å². The zero-order valence-electron chi connectivity index (χ0n) is 16.5. The average molecular weight is 453 g/mol. The molecule has 0 radical (unpaired) electrons. The highest BCUT2D eigenvalue weighted by Crippen LogP contribution is 2.29. The van der Waals surface area contributed by atoms with E-state index < -0.39 is 32.7 Å². The number of hydrogen-bond donors (Lipinski definition) is 1. The van der Waals surface area contributed by atoms with Crippen LogP contribution in [-0.4, -0.2) is 29.8 Å². The summed E-state index contributed by atoms with van der Waals surface area (Å²) in [5.74, 6) is -0.533. The van der Waals surface area contributed by atoms with Gasteiger partial charge in [0.15, 0.2) is 9.84 Å². The Kier molecular flexibility index (Phi) is 6.16. The van der Waals surface area contributed by atoms with Crippen LogP contribution in [0.3, 0.4) is 0 Å². The Balaban J connectivity index is 1.65. The summed E-state index contributed by atoms with van der Waals surface area (Å²) in [5, 5.41) is 9.28. The lowest BCUT2D eigenvalue weighted by molar-refractivity contribution is -0.137. The number of amides is 1. The van der Waals surface area contributed by atoms with Gasteiger partial charge in [0.1, 0.15) is 0 Å². The number of aromatic nitrogens is 2. The lowest BCUT2D eigenvalue weighted by Crippen LogP contribution is -2.13. The molecule has 0 aliphatic heterocycles. The molecule has 0 aliphatic rings. The SMILES string of the molecule is CC(C)S(=O)(=O)c1ccc(Cc2nnc(NC(=O)c3ccc(C(F)(F)F)cc3)o2)cc1. The number of sulfone groups is 1. The van der Waals surface area contributed by atoms with E-state index in [2.05, 4.69) is 15.5 Å². The molecule has 0 spiro atoms. The number of hydrogen-bond acceptors (Lipinski definition) is 6. The summed E-state index contributed by atoms with van der Waals surface area (Å²) in [6, 6.07) is 9.72. The van der Waals surface area contributed by atoms with Crippen LogP contribution in [0, 0.1) is 0 Å². The fourth-order valence-electron chi connectivity index (χ4n) is 2.60. The summed E-state index contributed by atoms with van der Waals surface area (Å²) < 4.78 is 67.5. The number of halogens is 3. The molecule has 0 bridgehead atoms. The molecule has 0 unspecified atom stereocenters. The minimum absolute atomic E-state index is 0.00491. The molecular weight excluding hydrogens is 435 g/mol. The second-order valence-electron chi connectivity index (χ2n) is 6.94. The van der Waals surface area contributed by atoms with Crippen LogP contribution in [0.2, 0.25) is 0 Å². The van der Waals surface area contributed by atoms with Crippen molar-refractivity contribution in [3.05, 3.63) is 71.1 Å². The van der Waals surface area contributed by atoms with Gasteiger partial charge in [0.25, 0.3) is 5.91 Å². The quantitative estimate of drug-likeness (QED) is 0.603. The third-order valence-corrected chi connectivity index (χ3v) is 6.56. The molecule has 11 heteroatoms. The second-order valence-corrected chi connectivity index (χ2v) is 9.45. The predicted octanol–water partition coefficient (Wildman–Crippen LogP) is 4.11. The van der Waals surface area contributed by atoms with E-state index in [1.165, 1.54) is 12.1 Å². The molecule has 2 aromatic carbocycles. The molecular formula is C20H18F3N3O4S. The van der Waals surface area contributed by atoms with Crippen molar-refractivity contribution in [2.24, 2.45) is 0 Å². The minimum atomic E-state index is -4.49. The molecule has 1 amide bonds. The largest absolute Gasteiger partial charge is 0.416 e. The van der Waals surface area contributed by atoms with Crippen LogP contribution in [-0.2, 0) is 22.4 Å². The minimum Gasteiger partial charge on any atom is -0.407 e. The maximum absolute atomic E-state index is 12.6. The Labute approximate surface area is 176 Å². The number of rotatable bonds is 6. The van der Waals surface area contributed by atoms with E-state index in [4.69, 9.17) is 4.42 Å². The molecule has 164 valence electrons. The van der Waals surface area contributed by atoms with Crippen LogP contribution < -0.4 is 5.32 Å². The Hall–Kier alpha value is -3.21. The monoisotopic (exact) mass is 453 g/mol. The Morgan fingerprint density at radius 3 is 2.19 bits per heavy atom. The molecule has 3 rings (SSSR count). The molecule has 0 atom stereocenters. The van der Waals surface area contributed by atoms with Crippen molar-refractivity contribution < 1.29 is 30.8 Å². The van der Waals surface area contributed by atoms with Gasteiger partial charge in [-0.15, -0.1) is 5.10 Å². The normalized spacial score (nSPS) is 12.2. The summed E-state index contributed by atoms with van der Waals surface area (Å²) >= 11 is 0. The van der Waals surface area contributed by atoms with Gasteiger partial charge in [-0.05, 0) is 55.8 Å². The van der Waals surface area contributed by atoms with Crippen molar-refractivity contribution in [1.29, 1.82) is 0 Å². The topological polar surface area (TPSA) is 102 Å². The molecule has 1 aromatic heterocycles. The zero-order chi connectivity index (χ0) is 22.8. The molecule has 0 aliphatic carbocycles. The second kappa shape index (κ2) is 8.50. The van der Waals surface area contributed by atoms with Gasteiger partial charge < -0.3 is 4.42 Å². The van der Waals surface area contributed by atoms with E-state index >= 15 is 0 Å². The predicted molar refractivity (Wildman–Crippen MR) is 105 cm³/mol. The summed E-state index contributed by atoms with van der Waals surface area (Å²) in [4.78, 5) is 12.4. The van der Waals surface area contributed by atoms with E-state index in [-0.39, 0.29) is 28.8 Å². The molecule has 0 fully saturated rings. The molecule has 1 N–H and O–H groups in total. The van der Waals surface area contributed by atoms with E-state index in [0.717, 1.165) is 24.3 Å². The summed E-state index contributed by atoms with van der Waals surface area (Å²) in [6.07, 6.45) is -4.29. The van der Waals surface area contributed by atoms with Crippen LogP contribution in [0.5, 0.6) is 0 Å². The van der Waals surface area contributed by atoms with Crippen LogP contribution >= 0.6 is 0 Å². The standard InChI is InChI=1S/C20H18F3N3O4S/c1-12(2)31(28,29)16-9-3-13(4-10-16)11-17-25-26-19(30-17)24-18(27)14-5-7-15(8-6-14)20(21,22)23/h3-10,12H,11H2,1-2H3,(H,24,26,27). The highest BCUT2D eigenvalue weighted by molar-refractivity contribution is 7.92. The van der Waals surface area contributed by atoms with Crippen molar-refractivity contribution in [2.75, 3.05) is 5.32 Å². The molecule has 31 heavy (non-hydrogen) atoms. The van der Waals surface area contributed by atoms with Crippen molar-refractivity contribution in [1.82, 2.24) is 10.2 Å². The third kappa shape index (κ3) is 5.29.